The van der Waals surface area contributed by atoms with E-state index < -0.39 is 11.2 Å². The number of methoxy groups -OCH3 is 1. The number of fused-ring (bicyclic) bond motifs is 3. The zero-order chi connectivity index (χ0) is 26.3. The summed E-state index contributed by atoms with van der Waals surface area (Å²) in [5, 5.41) is 11.8. The van der Waals surface area contributed by atoms with E-state index >= 15 is 0 Å². The molecule has 0 fully saturated rings. The second kappa shape index (κ2) is 9.71. The molecule has 0 spiro atoms. The maximum atomic E-state index is 13.9. The molecule has 0 atom stereocenters. The van der Waals surface area contributed by atoms with E-state index in [1.165, 1.54) is 0 Å². The fourth-order valence-electron chi connectivity index (χ4n) is 4.31. The summed E-state index contributed by atoms with van der Waals surface area (Å²) < 4.78 is 12.6. The average molecular weight is 515 g/mol. The molecule has 37 heavy (non-hydrogen) atoms. The Balaban J connectivity index is 1.78. The summed E-state index contributed by atoms with van der Waals surface area (Å²) >= 11 is 1.08. The fourth-order valence-corrected chi connectivity index (χ4v) is 5.26. The van der Waals surface area contributed by atoms with Gasteiger partial charge in [0.15, 0.2) is 11.3 Å². The molecule has 0 aliphatic heterocycles. The quantitative estimate of drug-likeness (QED) is 0.304. The topological polar surface area (TPSA) is 84.9 Å². The second-order valence-corrected chi connectivity index (χ2v) is 10.1. The molecule has 188 valence electrons. The number of rotatable bonds is 6. The van der Waals surface area contributed by atoms with Crippen molar-refractivity contribution >= 4 is 39.3 Å². The van der Waals surface area contributed by atoms with Crippen molar-refractivity contribution in [1.82, 2.24) is 4.57 Å². The molecule has 0 aliphatic carbocycles. The lowest BCUT2D eigenvalue weighted by Gasteiger charge is -2.18. The summed E-state index contributed by atoms with van der Waals surface area (Å²) in [7, 11) is 5.42. The molecule has 2 aromatic heterocycles. The number of anilines is 1. The van der Waals surface area contributed by atoms with Crippen molar-refractivity contribution in [3.63, 3.8) is 0 Å². The molecule has 8 heteroatoms. The maximum Gasteiger partial charge on any atom is 0.354 e. The highest BCUT2D eigenvalue weighted by Crippen LogP contribution is 2.38. The van der Waals surface area contributed by atoms with Crippen LogP contribution in [0, 0.1) is 6.92 Å². The van der Waals surface area contributed by atoms with Crippen LogP contribution < -0.4 is 20.8 Å². The third-order valence-electron chi connectivity index (χ3n) is 6.26. The van der Waals surface area contributed by atoms with Gasteiger partial charge in [0.1, 0.15) is 16.0 Å². The molecule has 3 aromatic carbocycles. The standard InChI is InChI=1S/C29H26N2O5S/c1-17-6-5-7-21(14-17)37-27-25(32)24-26(36-29(27)34)22-13-10-19(30(2)3)15-23(22)31(28(24)33)16-18-8-11-20(35-4)12-9-18/h5-15,32H,16H2,1-4H3. The van der Waals surface area contributed by atoms with Crippen LogP contribution in [-0.4, -0.2) is 30.9 Å². The molecule has 0 unspecified atom stereocenters. The largest absolute Gasteiger partial charge is 0.505 e. The molecular weight excluding hydrogens is 488 g/mol. The summed E-state index contributed by atoms with van der Waals surface area (Å²) in [6.07, 6.45) is 0. The molecule has 0 radical (unpaired) electrons. The van der Waals surface area contributed by atoms with Gasteiger partial charge in [-0.1, -0.05) is 41.6 Å². The van der Waals surface area contributed by atoms with Gasteiger partial charge in [0, 0.05) is 30.1 Å². The monoisotopic (exact) mass is 514 g/mol. The third kappa shape index (κ3) is 4.56. The number of hydrogen-bond acceptors (Lipinski definition) is 7. The van der Waals surface area contributed by atoms with Crippen molar-refractivity contribution in [2.24, 2.45) is 0 Å². The van der Waals surface area contributed by atoms with Crippen molar-refractivity contribution in [1.29, 1.82) is 0 Å². The van der Waals surface area contributed by atoms with E-state index in [1.54, 1.807) is 11.7 Å². The molecule has 2 heterocycles. The number of aromatic nitrogens is 1. The van der Waals surface area contributed by atoms with E-state index in [0.717, 1.165) is 33.5 Å². The van der Waals surface area contributed by atoms with Crippen LogP contribution in [-0.2, 0) is 6.54 Å². The summed E-state index contributed by atoms with van der Waals surface area (Å²) in [5.41, 5.74) is 2.31. The van der Waals surface area contributed by atoms with Crippen LogP contribution in [0.15, 0.2) is 90.5 Å². The minimum absolute atomic E-state index is 0.0181. The molecule has 0 aliphatic rings. The Labute approximate surface area is 217 Å². The van der Waals surface area contributed by atoms with Gasteiger partial charge in [-0.15, -0.1) is 0 Å². The summed E-state index contributed by atoms with van der Waals surface area (Å²) in [6, 6.07) is 20.6. The fraction of sp³-hybridized carbons (Fsp3) is 0.172. The van der Waals surface area contributed by atoms with E-state index in [4.69, 9.17) is 9.15 Å². The minimum atomic E-state index is -0.693. The van der Waals surface area contributed by atoms with Crippen LogP contribution in [0.2, 0.25) is 0 Å². The van der Waals surface area contributed by atoms with Gasteiger partial charge in [-0.25, -0.2) is 4.79 Å². The lowest BCUT2D eigenvalue weighted by molar-refractivity contribution is 0.414. The van der Waals surface area contributed by atoms with Gasteiger partial charge < -0.3 is 23.7 Å². The van der Waals surface area contributed by atoms with Gasteiger partial charge in [0.25, 0.3) is 5.56 Å². The highest BCUT2D eigenvalue weighted by Gasteiger charge is 2.23. The van der Waals surface area contributed by atoms with Crippen molar-refractivity contribution in [3.8, 4) is 11.5 Å². The van der Waals surface area contributed by atoms with Crippen molar-refractivity contribution < 1.29 is 14.3 Å². The van der Waals surface area contributed by atoms with Crippen LogP contribution in [0.25, 0.3) is 21.9 Å². The number of aryl methyl sites for hydroxylation is 1. The zero-order valence-corrected chi connectivity index (χ0v) is 21.8. The number of aromatic hydroxyl groups is 1. The third-order valence-corrected chi connectivity index (χ3v) is 7.31. The van der Waals surface area contributed by atoms with E-state index in [-0.39, 0.29) is 28.2 Å². The van der Waals surface area contributed by atoms with Gasteiger partial charge in [-0.05, 0) is 55.0 Å². The van der Waals surface area contributed by atoms with E-state index in [0.29, 0.717) is 16.7 Å². The van der Waals surface area contributed by atoms with Crippen LogP contribution >= 0.6 is 11.8 Å². The number of pyridine rings is 1. The molecule has 1 N–H and O–H groups in total. The Kier molecular flexibility index (Phi) is 6.43. The number of ether oxygens (including phenoxy) is 1. The number of nitrogens with zero attached hydrogens (tertiary/aromatic N) is 2. The lowest BCUT2D eigenvalue weighted by Crippen LogP contribution is -2.23. The first-order valence-corrected chi connectivity index (χ1v) is 12.5. The maximum absolute atomic E-state index is 13.9. The van der Waals surface area contributed by atoms with Crippen molar-refractivity contribution in [3.05, 3.63) is 98.6 Å². The predicted molar refractivity (Wildman–Crippen MR) is 148 cm³/mol. The first kappa shape index (κ1) is 24.5. The Morgan fingerprint density at radius 3 is 2.46 bits per heavy atom. The molecule has 7 nitrogen and oxygen atoms in total. The highest BCUT2D eigenvalue weighted by atomic mass is 32.2. The first-order valence-electron chi connectivity index (χ1n) is 11.7. The Bertz CT molecular complexity index is 1750. The normalized spacial score (nSPS) is 11.2. The number of benzene rings is 3. The Hall–Kier alpha value is -4.17. The molecule has 0 bridgehead atoms. The van der Waals surface area contributed by atoms with Gasteiger partial charge in [-0.3, -0.25) is 4.79 Å². The van der Waals surface area contributed by atoms with Gasteiger partial charge >= 0.3 is 5.63 Å². The average Bonchev–Trinajstić information content (AvgIpc) is 2.88. The van der Waals surface area contributed by atoms with E-state index in [1.807, 2.05) is 92.6 Å². The number of hydrogen-bond donors (Lipinski definition) is 1. The highest BCUT2D eigenvalue weighted by molar-refractivity contribution is 7.99. The van der Waals surface area contributed by atoms with Crippen LogP contribution in [0.5, 0.6) is 11.5 Å². The van der Waals surface area contributed by atoms with E-state index in [9.17, 15) is 14.7 Å². The smallest absolute Gasteiger partial charge is 0.354 e. The van der Waals surface area contributed by atoms with Crippen molar-refractivity contribution in [2.75, 3.05) is 26.1 Å². The Morgan fingerprint density at radius 2 is 1.78 bits per heavy atom. The van der Waals surface area contributed by atoms with Gasteiger partial charge in [-0.2, -0.15) is 0 Å². The minimum Gasteiger partial charge on any atom is -0.505 e. The summed E-state index contributed by atoms with van der Waals surface area (Å²) in [6.45, 7) is 2.20. The lowest BCUT2D eigenvalue weighted by atomic mass is 10.1. The zero-order valence-electron chi connectivity index (χ0n) is 20.9. The molecule has 0 saturated heterocycles. The molecule has 0 saturated carbocycles. The first-order chi connectivity index (χ1) is 17.8. The summed E-state index contributed by atoms with van der Waals surface area (Å²) in [5.74, 6) is 0.344. The second-order valence-electron chi connectivity index (χ2n) is 9.03. The Morgan fingerprint density at radius 1 is 1.03 bits per heavy atom. The van der Waals surface area contributed by atoms with Crippen LogP contribution in [0.3, 0.4) is 0 Å². The van der Waals surface area contributed by atoms with E-state index in [2.05, 4.69) is 0 Å². The molecule has 0 amide bonds. The molecule has 5 aromatic rings. The predicted octanol–water partition coefficient (Wildman–Crippen LogP) is 5.40. The molecular formula is C29H26N2O5S. The van der Waals surface area contributed by atoms with Gasteiger partial charge in [0.2, 0.25) is 0 Å². The van der Waals surface area contributed by atoms with Gasteiger partial charge in [0.05, 0.1) is 19.2 Å². The SMILES string of the molecule is COc1ccc(Cn2c(=O)c3c(O)c(Sc4cccc(C)c4)c(=O)oc3c3ccc(N(C)C)cc32)cc1. The van der Waals surface area contributed by atoms with Crippen LogP contribution in [0.1, 0.15) is 11.1 Å². The van der Waals surface area contributed by atoms with Crippen LogP contribution in [0.4, 0.5) is 5.69 Å². The van der Waals surface area contributed by atoms with Crippen molar-refractivity contribution in [2.45, 2.75) is 23.3 Å². The summed E-state index contributed by atoms with van der Waals surface area (Å²) in [4.78, 5) is 29.6. The molecule has 5 rings (SSSR count).